The topological polar surface area (TPSA) is 73.2 Å². The summed E-state index contributed by atoms with van der Waals surface area (Å²) in [6, 6.07) is 0. The van der Waals surface area contributed by atoms with Gasteiger partial charge in [-0.25, -0.2) is 0 Å². The Labute approximate surface area is 91.3 Å². The lowest BCUT2D eigenvalue weighted by Crippen LogP contribution is -2.42. The van der Waals surface area contributed by atoms with Gasteiger partial charge in [-0.15, -0.1) is 0 Å². The molecule has 0 bridgehead atoms. The molecule has 92 valence electrons. The van der Waals surface area contributed by atoms with Crippen LogP contribution in [-0.4, -0.2) is 73.4 Å². The lowest BCUT2D eigenvalue weighted by Gasteiger charge is -2.31. The zero-order chi connectivity index (χ0) is 11.9. The molecule has 0 radical (unpaired) electrons. The van der Waals surface area contributed by atoms with Gasteiger partial charge in [0.05, 0.1) is 25.9 Å². The molecule has 0 aromatic heterocycles. The van der Waals surface area contributed by atoms with Crippen molar-refractivity contribution in [2.75, 3.05) is 47.1 Å². The summed E-state index contributed by atoms with van der Waals surface area (Å²) in [5.41, 5.74) is -0.526. The number of hydrogen-bond acceptors (Lipinski definition) is 5. The predicted molar refractivity (Wildman–Crippen MR) is 57.7 cm³/mol. The fraction of sp³-hybridized carbons (Fsp3) is 1.00. The van der Waals surface area contributed by atoms with Crippen LogP contribution in [0.2, 0.25) is 0 Å². The van der Waals surface area contributed by atoms with Gasteiger partial charge in [0, 0.05) is 25.6 Å². The van der Waals surface area contributed by atoms with Gasteiger partial charge in [0.15, 0.2) is 0 Å². The van der Waals surface area contributed by atoms with Gasteiger partial charge in [0.1, 0.15) is 0 Å². The zero-order valence-electron chi connectivity index (χ0n) is 9.81. The van der Waals surface area contributed by atoms with Gasteiger partial charge in [-0.2, -0.15) is 0 Å². The van der Waals surface area contributed by atoms with Crippen molar-refractivity contribution in [1.82, 2.24) is 4.90 Å². The Kier molecular flexibility index (Phi) is 7.04. The monoisotopic (exact) mass is 221 g/mol. The Morgan fingerprint density at radius 2 is 1.87 bits per heavy atom. The normalized spacial score (nSPS) is 14.6. The maximum atomic E-state index is 9.47. The summed E-state index contributed by atoms with van der Waals surface area (Å²) in [5.74, 6) is 0. The molecule has 5 heteroatoms. The summed E-state index contributed by atoms with van der Waals surface area (Å²) in [4.78, 5) is 1.87. The first-order valence-electron chi connectivity index (χ1n) is 5.04. The molecule has 0 fully saturated rings. The molecule has 0 amide bonds. The maximum Gasteiger partial charge on any atom is 0.0899 e. The van der Waals surface area contributed by atoms with E-state index < -0.39 is 11.5 Å². The quantitative estimate of drug-likeness (QED) is 0.486. The highest BCUT2D eigenvalue weighted by molar-refractivity contribution is 4.76. The molecule has 1 unspecified atom stereocenters. The maximum absolute atomic E-state index is 9.47. The number of methoxy groups -OCH3 is 1. The molecule has 5 nitrogen and oxygen atoms in total. The van der Waals surface area contributed by atoms with Gasteiger partial charge in [0.25, 0.3) is 0 Å². The minimum atomic E-state index is -0.540. The summed E-state index contributed by atoms with van der Waals surface area (Å²) in [7, 11) is 3.37. The number of aliphatic hydroxyl groups is 3. The van der Waals surface area contributed by atoms with Crippen LogP contribution in [0.4, 0.5) is 0 Å². The van der Waals surface area contributed by atoms with Crippen molar-refractivity contribution in [1.29, 1.82) is 0 Å². The van der Waals surface area contributed by atoms with Crippen molar-refractivity contribution in [2.24, 2.45) is 5.41 Å². The third-order valence-electron chi connectivity index (χ3n) is 2.30. The van der Waals surface area contributed by atoms with Gasteiger partial charge in [-0.3, -0.25) is 0 Å². The molecule has 0 spiro atoms. The lowest BCUT2D eigenvalue weighted by molar-refractivity contribution is 0.00984. The Balaban J connectivity index is 3.95. The Hall–Kier alpha value is -0.200. The fourth-order valence-corrected chi connectivity index (χ4v) is 1.47. The van der Waals surface area contributed by atoms with Crippen LogP contribution in [0.3, 0.4) is 0 Å². The van der Waals surface area contributed by atoms with Gasteiger partial charge in [-0.05, 0) is 7.05 Å². The SMILES string of the molecule is COCC(O)CN(C)CC(C)(CO)CO. The van der Waals surface area contributed by atoms with Crippen LogP contribution in [0, 0.1) is 5.41 Å². The third kappa shape index (κ3) is 6.06. The summed E-state index contributed by atoms with van der Waals surface area (Å²) in [6.45, 7) is 2.93. The highest BCUT2D eigenvalue weighted by Crippen LogP contribution is 2.15. The zero-order valence-corrected chi connectivity index (χ0v) is 9.81. The van der Waals surface area contributed by atoms with E-state index in [4.69, 9.17) is 14.9 Å². The van der Waals surface area contributed by atoms with Crippen molar-refractivity contribution < 1.29 is 20.1 Å². The summed E-state index contributed by atoms with van der Waals surface area (Å²) < 4.78 is 4.81. The van der Waals surface area contributed by atoms with Crippen LogP contribution >= 0.6 is 0 Å². The predicted octanol–water partition coefficient (Wildman–Crippen LogP) is -1.08. The van der Waals surface area contributed by atoms with Gasteiger partial charge in [-0.1, -0.05) is 6.92 Å². The molecular weight excluding hydrogens is 198 g/mol. The van der Waals surface area contributed by atoms with Crippen molar-refractivity contribution in [2.45, 2.75) is 13.0 Å². The smallest absolute Gasteiger partial charge is 0.0899 e. The van der Waals surface area contributed by atoms with E-state index in [9.17, 15) is 5.11 Å². The number of likely N-dealkylation sites (N-methyl/N-ethyl adjacent to an activating group) is 1. The number of ether oxygens (including phenoxy) is 1. The minimum absolute atomic E-state index is 0.0752. The molecule has 0 aliphatic heterocycles. The van der Waals surface area contributed by atoms with Gasteiger partial charge < -0.3 is 25.0 Å². The first-order valence-corrected chi connectivity index (χ1v) is 5.04. The van der Waals surface area contributed by atoms with E-state index >= 15 is 0 Å². The summed E-state index contributed by atoms with van der Waals surface area (Å²) in [5, 5.41) is 27.7. The second-order valence-corrected chi connectivity index (χ2v) is 4.43. The Morgan fingerprint density at radius 1 is 1.33 bits per heavy atom. The largest absolute Gasteiger partial charge is 0.396 e. The molecule has 0 aromatic carbocycles. The molecule has 0 aliphatic rings. The number of nitrogens with zero attached hydrogens (tertiary/aromatic N) is 1. The molecule has 0 saturated heterocycles. The first kappa shape index (κ1) is 14.8. The Morgan fingerprint density at radius 3 is 2.27 bits per heavy atom. The van der Waals surface area contributed by atoms with E-state index in [-0.39, 0.29) is 13.2 Å². The molecule has 3 N–H and O–H groups in total. The number of rotatable bonds is 8. The first-order chi connectivity index (χ1) is 6.97. The third-order valence-corrected chi connectivity index (χ3v) is 2.30. The van der Waals surface area contributed by atoms with E-state index in [0.717, 1.165) is 0 Å². The van der Waals surface area contributed by atoms with Crippen LogP contribution in [-0.2, 0) is 4.74 Å². The molecule has 0 aliphatic carbocycles. The lowest BCUT2D eigenvalue weighted by atomic mass is 9.92. The van der Waals surface area contributed by atoms with E-state index in [1.54, 1.807) is 6.92 Å². The van der Waals surface area contributed by atoms with Crippen molar-refractivity contribution >= 4 is 0 Å². The van der Waals surface area contributed by atoms with E-state index in [0.29, 0.717) is 19.7 Å². The average Bonchev–Trinajstić information content (AvgIpc) is 2.17. The Bertz CT molecular complexity index is 162. The van der Waals surface area contributed by atoms with Crippen molar-refractivity contribution in [3.8, 4) is 0 Å². The highest BCUT2D eigenvalue weighted by atomic mass is 16.5. The molecule has 0 aromatic rings. The number of aliphatic hydroxyl groups excluding tert-OH is 3. The minimum Gasteiger partial charge on any atom is -0.396 e. The molecule has 0 heterocycles. The molecular formula is C10H23NO4. The van der Waals surface area contributed by atoms with Gasteiger partial charge in [0.2, 0.25) is 0 Å². The summed E-state index contributed by atoms with van der Waals surface area (Å²) in [6.07, 6.45) is -0.540. The second-order valence-electron chi connectivity index (χ2n) is 4.43. The van der Waals surface area contributed by atoms with Crippen LogP contribution in [0.15, 0.2) is 0 Å². The van der Waals surface area contributed by atoms with Crippen LogP contribution < -0.4 is 0 Å². The molecule has 0 rings (SSSR count). The molecule has 0 saturated carbocycles. The van der Waals surface area contributed by atoms with E-state index in [1.807, 2.05) is 11.9 Å². The number of hydrogen-bond donors (Lipinski definition) is 3. The summed E-state index contributed by atoms with van der Waals surface area (Å²) >= 11 is 0. The van der Waals surface area contributed by atoms with Crippen LogP contribution in [0.25, 0.3) is 0 Å². The van der Waals surface area contributed by atoms with Crippen molar-refractivity contribution in [3.63, 3.8) is 0 Å². The second kappa shape index (κ2) is 7.14. The fourth-order valence-electron chi connectivity index (χ4n) is 1.47. The van der Waals surface area contributed by atoms with E-state index in [2.05, 4.69) is 0 Å². The standard InChI is InChI=1S/C10H23NO4/c1-10(7-12,8-13)6-11(2)4-9(14)5-15-3/h9,12-14H,4-8H2,1-3H3. The van der Waals surface area contributed by atoms with Gasteiger partial charge >= 0.3 is 0 Å². The molecule has 1 atom stereocenters. The van der Waals surface area contributed by atoms with Crippen molar-refractivity contribution in [3.05, 3.63) is 0 Å². The van der Waals surface area contributed by atoms with E-state index in [1.165, 1.54) is 7.11 Å². The average molecular weight is 221 g/mol. The van der Waals surface area contributed by atoms with Crippen LogP contribution in [0.1, 0.15) is 6.92 Å². The molecule has 15 heavy (non-hydrogen) atoms. The van der Waals surface area contributed by atoms with Crippen LogP contribution in [0.5, 0.6) is 0 Å². The highest BCUT2D eigenvalue weighted by Gasteiger charge is 2.24.